The lowest BCUT2D eigenvalue weighted by atomic mass is 10.0. The van der Waals surface area contributed by atoms with Crippen molar-refractivity contribution in [2.45, 2.75) is 46.2 Å². The van der Waals surface area contributed by atoms with Crippen molar-refractivity contribution in [2.24, 2.45) is 5.92 Å². The van der Waals surface area contributed by atoms with Gasteiger partial charge in [0.2, 0.25) is 0 Å². The lowest BCUT2D eigenvalue weighted by Crippen LogP contribution is -2.42. The Bertz CT molecular complexity index is 402. The van der Waals surface area contributed by atoms with Gasteiger partial charge < -0.3 is 0 Å². The SMILES string of the molecule is CC(C)CC(C)N(C)C(C)C(=O)c1ccc(Cl)s1. The maximum Gasteiger partial charge on any atom is 0.189 e. The molecule has 0 bridgehead atoms. The van der Waals surface area contributed by atoms with E-state index in [2.05, 4.69) is 25.7 Å². The molecule has 0 radical (unpaired) electrons. The zero-order chi connectivity index (χ0) is 13.9. The number of nitrogens with zero attached hydrogens (tertiary/aromatic N) is 1. The van der Waals surface area contributed by atoms with Gasteiger partial charge >= 0.3 is 0 Å². The Kier molecular flexibility index (Phi) is 5.83. The summed E-state index contributed by atoms with van der Waals surface area (Å²) >= 11 is 7.23. The first kappa shape index (κ1) is 15.7. The molecule has 0 aromatic carbocycles. The van der Waals surface area contributed by atoms with Gasteiger partial charge in [-0.3, -0.25) is 9.69 Å². The van der Waals surface area contributed by atoms with Gasteiger partial charge in [-0.2, -0.15) is 0 Å². The van der Waals surface area contributed by atoms with Crippen LogP contribution in [-0.4, -0.2) is 29.8 Å². The van der Waals surface area contributed by atoms with E-state index in [1.54, 1.807) is 6.07 Å². The zero-order valence-corrected chi connectivity index (χ0v) is 13.3. The Morgan fingerprint density at radius 3 is 2.39 bits per heavy atom. The first-order valence-electron chi connectivity index (χ1n) is 6.34. The van der Waals surface area contributed by atoms with Gasteiger partial charge in [0.1, 0.15) is 0 Å². The molecule has 1 aromatic rings. The second kappa shape index (κ2) is 6.69. The van der Waals surface area contributed by atoms with Gasteiger partial charge in [-0.25, -0.2) is 0 Å². The van der Waals surface area contributed by atoms with Crippen molar-refractivity contribution in [1.82, 2.24) is 4.90 Å². The van der Waals surface area contributed by atoms with Crippen molar-refractivity contribution in [2.75, 3.05) is 7.05 Å². The van der Waals surface area contributed by atoms with Crippen molar-refractivity contribution >= 4 is 28.7 Å². The topological polar surface area (TPSA) is 20.3 Å². The average molecular weight is 288 g/mol. The minimum Gasteiger partial charge on any atom is -0.294 e. The van der Waals surface area contributed by atoms with Gasteiger partial charge in [0, 0.05) is 6.04 Å². The average Bonchev–Trinajstić information content (AvgIpc) is 2.72. The molecule has 102 valence electrons. The molecule has 2 unspecified atom stereocenters. The first-order chi connectivity index (χ1) is 8.32. The maximum absolute atomic E-state index is 12.3. The molecule has 1 heterocycles. The van der Waals surface area contributed by atoms with Crippen LogP contribution in [0.15, 0.2) is 12.1 Å². The number of rotatable bonds is 6. The molecule has 0 saturated heterocycles. The molecular weight excluding hydrogens is 266 g/mol. The molecule has 18 heavy (non-hydrogen) atoms. The molecule has 0 fully saturated rings. The Labute approximate surface area is 119 Å². The molecule has 0 saturated carbocycles. The van der Waals surface area contributed by atoms with E-state index in [9.17, 15) is 4.79 Å². The number of hydrogen-bond donors (Lipinski definition) is 0. The second-order valence-corrected chi connectivity index (χ2v) is 7.00. The molecule has 0 spiro atoms. The third kappa shape index (κ3) is 4.08. The van der Waals surface area contributed by atoms with E-state index in [0.29, 0.717) is 16.3 Å². The van der Waals surface area contributed by atoms with Crippen LogP contribution >= 0.6 is 22.9 Å². The molecule has 1 aromatic heterocycles. The fourth-order valence-corrected chi connectivity index (χ4v) is 3.13. The third-order valence-corrected chi connectivity index (χ3v) is 4.56. The van der Waals surface area contributed by atoms with Crippen molar-refractivity contribution in [3.63, 3.8) is 0 Å². The van der Waals surface area contributed by atoms with Gasteiger partial charge in [0.25, 0.3) is 0 Å². The summed E-state index contributed by atoms with van der Waals surface area (Å²) in [7, 11) is 2.02. The fraction of sp³-hybridized carbons (Fsp3) is 0.643. The van der Waals surface area contributed by atoms with E-state index >= 15 is 0 Å². The number of hydrogen-bond acceptors (Lipinski definition) is 3. The van der Waals surface area contributed by atoms with Crippen molar-refractivity contribution < 1.29 is 4.79 Å². The van der Waals surface area contributed by atoms with Gasteiger partial charge in [0.15, 0.2) is 5.78 Å². The van der Waals surface area contributed by atoms with Gasteiger partial charge in [-0.15, -0.1) is 11.3 Å². The largest absolute Gasteiger partial charge is 0.294 e. The normalized spacial score (nSPS) is 15.1. The van der Waals surface area contributed by atoms with Crippen LogP contribution < -0.4 is 0 Å². The lowest BCUT2D eigenvalue weighted by Gasteiger charge is -2.30. The van der Waals surface area contributed by atoms with Crippen molar-refractivity contribution in [3.05, 3.63) is 21.3 Å². The van der Waals surface area contributed by atoms with Crippen LogP contribution in [0.4, 0.5) is 0 Å². The molecule has 4 heteroatoms. The highest BCUT2D eigenvalue weighted by molar-refractivity contribution is 7.18. The predicted octanol–water partition coefficient (Wildman–Crippen LogP) is 4.34. The van der Waals surface area contributed by atoms with Crippen LogP contribution in [0.1, 0.15) is 43.8 Å². The molecule has 0 aliphatic rings. The monoisotopic (exact) mass is 287 g/mol. The highest BCUT2D eigenvalue weighted by Gasteiger charge is 2.24. The standard InChI is InChI=1S/C14H22ClNOS/c1-9(2)8-10(3)16(5)11(4)14(17)12-6-7-13(15)18-12/h6-7,9-11H,8H2,1-5H3. The van der Waals surface area contributed by atoms with E-state index in [-0.39, 0.29) is 11.8 Å². The number of ketones is 1. The van der Waals surface area contributed by atoms with Gasteiger partial charge in [0.05, 0.1) is 15.3 Å². The van der Waals surface area contributed by atoms with Crippen LogP contribution in [-0.2, 0) is 0 Å². The number of likely N-dealkylation sites (N-methyl/N-ethyl adjacent to an activating group) is 1. The van der Waals surface area contributed by atoms with Crippen LogP contribution in [0.25, 0.3) is 0 Å². The summed E-state index contributed by atoms with van der Waals surface area (Å²) in [5, 5.41) is 0. The van der Waals surface area contributed by atoms with E-state index < -0.39 is 0 Å². The number of halogens is 1. The molecule has 0 aliphatic carbocycles. The molecule has 2 nitrogen and oxygen atoms in total. The summed E-state index contributed by atoms with van der Waals surface area (Å²) in [5.41, 5.74) is 0. The van der Waals surface area contributed by atoms with Crippen LogP contribution in [0.5, 0.6) is 0 Å². The summed E-state index contributed by atoms with van der Waals surface area (Å²) in [6.07, 6.45) is 1.10. The minimum atomic E-state index is -0.103. The summed E-state index contributed by atoms with van der Waals surface area (Å²) in [6, 6.07) is 3.89. The van der Waals surface area contributed by atoms with Crippen LogP contribution in [0.2, 0.25) is 4.34 Å². The Morgan fingerprint density at radius 1 is 1.33 bits per heavy atom. The number of carbonyl (C=O) groups excluding carboxylic acids is 1. The van der Waals surface area contributed by atoms with E-state index in [1.165, 1.54) is 11.3 Å². The van der Waals surface area contributed by atoms with E-state index in [4.69, 9.17) is 11.6 Å². The van der Waals surface area contributed by atoms with Gasteiger partial charge in [-0.05, 0) is 45.4 Å². The fourth-order valence-electron chi connectivity index (χ4n) is 2.07. The highest BCUT2D eigenvalue weighted by Crippen LogP contribution is 2.24. The minimum absolute atomic E-state index is 0.103. The maximum atomic E-state index is 12.3. The summed E-state index contributed by atoms with van der Waals surface area (Å²) in [4.78, 5) is 15.2. The molecular formula is C14H22ClNOS. The Balaban J connectivity index is 2.68. The number of carbonyl (C=O) groups is 1. The third-order valence-electron chi connectivity index (χ3n) is 3.31. The molecule has 2 atom stereocenters. The summed E-state index contributed by atoms with van der Waals surface area (Å²) in [6.45, 7) is 8.55. The molecule has 1 rings (SSSR count). The quantitative estimate of drug-likeness (QED) is 0.726. The van der Waals surface area contributed by atoms with Crippen molar-refractivity contribution in [1.29, 1.82) is 0 Å². The Hall–Kier alpha value is -0.380. The second-order valence-electron chi connectivity index (χ2n) is 5.29. The lowest BCUT2D eigenvalue weighted by molar-refractivity contribution is 0.0815. The smallest absolute Gasteiger partial charge is 0.189 e. The zero-order valence-electron chi connectivity index (χ0n) is 11.7. The Morgan fingerprint density at radius 2 is 1.94 bits per heavy atom. The van der Waals surface area contributed by atoms with Crippen molar-refractivity contribution in [3.8, 4) is 0 Å². The van der Waals surface area contributed by atoms with E-state index in [0.717, 1.165) is 11.3 Å². The first-order valence-corrected chi connectivity index (χ1v) is 7.53. The van der Waals surface area contributed by atoms with Crippen LogP contribution in [0, 0.1) is 5.92 Å². The highest BCUT2D eigenvalue weighted by atomic mass is 35.5. The predicted molar refractivity (Wildman–Crippen MR) is 79.8 cm³/mol. The molecule has 0 amide bonds. The number of thiophene rings is 1. The van der Waals surface area contributed by atoms with Crippen LogP contribution in [0.3, 0.4) is 0 Å². The summed E-state index contributed by atoms with van der Waals surface area (Å²) in [5.74, 6) is 0.797. The molecule has 0 aliphatic heterocycles. The number of Topliss-reactive ketones (excluding diaryl/α,β-unsaturated/α-hetero) is 1. The molecule has 0 N–H and O–H groups in total. The van der Waals surface area contributed by atoms with Gasteiger partial charge in [-0.1, -0.05) is 25.4 Å². The summed E-state index contributed by atoms with van der Waals surface area (Å²) < 4.78 is 0.670. The van der Waals surface area contributed by atoms with E-state index in [1.807, 2.05) is 20.0 Å².